The predicted octanol–water partition coefficient (Wildman–Crippen LogP) is 3.28. The van der Waals surface area contributed by atoms with Crippen molar-refractivity contribution in [1.82, 2.24) is 29.5 Å². The molecule has 0 aromatic carbocycles. The van der Waals surface area contributed by atoms with Gasteiger partial charge in [-0.2, -0.15) is 10.2 Å². The van der Waals surface area contributed by atoms with Crippen molar-refractivity contribution in [1.29, 1.82) is 0 Å². The fourth-order valence-electron chi connectivity index (χ4n) is 3.11. The highest BCUT2D eigenvalue weighted by Crippen LogP contribution is 2.23. The lowest BCUT2D eigenvalue weighted by Gasteiger charge is -2.11. The fourth-order valence-corrected chi connectivity index (χ4v) is 3.11. The smallest absolute Gasteiger partial charge is 0.260 e. The Bertz CT molecular complexity index is 1100. The van der Waals surface area contributed by atoms with E-state index in [1.807, 2.05) is 56.4 Å². The van der Waals surface area contributed by atoms with Gasteiger partial charge in [-0.3, -0.25) is 14.5 Å². The van der Waals surface area contributed by atoms with Crippen LogP contribution in [-0.4, -0.2) is 35.4 Å². The van der Waals surface area contributed by atoms with E-state index in [1.165, 1.54) is 0 Å². The topological polar surface area (TPSA) is 90.5 Å². The number of aromatic nitrogens is 6. The summed E-state index contributed by atoms with van der Waals surface area (Å²) in [7, 11) is 0. The van der Waals surface area contributed by atoms with E-state index >= 15 is 0 Å². The molecule has 29 heavy (non-hydrogen) atoms. The van der Waals surface area contributed by atoms with Gasteiger partial charge in [0.1, 0.15) is 0 Å². The Kier molecular flexibility index (Phi) is 5.15. The molecule has 4 rings (SSSR count). The molecule has 1 amide bonds. The van der Waals surface area contributed by atoms with Gasteiger partial charge in [0.15, 0.2) is 11.6 Å². The number of nitrogens with one attached hydrogen (secondary N) is 1. The molecular weight excluding hydrogens is 366 g/mol. The Hall–Kier alpha value is -3.81. The Morgan fingerprint density at radius 2 is 1.86 bits per heavy atom. The second-order valence-corrected chi connectivity index (χ2v) is 6.87. The standard InChI is InChI=1S/C21H21N7O/c1-15(2)20-17(13-24-28(20)19-8-4-6-11-23-19)21(29)25-18-9-12-27(26-18)14-16-7-3-5-10-22-16/h3-13,15H,14H2,1-2H3,(H,25,26,29). The molecule has 4 heterocycles. The lowest BCUT2D eigenvalue weighted by atomic mass is 10.1. The highest BCUT2D eigenvalue weighted by atomic mass is 16.1. The Labute approximate surface area is 168 Å². The number of hydrogen-bond donors (Lipinski definition) is 1. The van der Waals surface area contributed by atoms with E-state index in [9.17, 15) is 4.79 Å². The van der Waals surface area contributed by atoms with Crippen molar-refractivity contribution in [2.75, 3.05) is 5.32 Å². The first-order valence-corrected chi connectivity index (χ1v) is 9.36. The molecule has 0 spiro atoms. The zero-order valence-electron chi connectivity index (χ0n) is 16.2. The summed E-state index contributed by atoms with van der Waals surface area (Å²) in [6.45, 7) is 4.58. The van der Waals surface area contributed by atoms with Crippen molar-refractivity contribution in [2.45, 2.75) is 26.3 Å². The molecule has 1 N–H and O–H groups in total. The van der Waals surface area contributed by atoms with Crippen LogP contribution in [0.3, 0.4) is 0 Å². The van der Waals surface area contributed by atoms with Gasteiger partial charge < -0.3 is 5.32 Å². The van der Waals surface area contributed by atoms with Gasteiger partial charge in [-0.05, 0) is 30.2 Å². The lowest BCUT2D eigenvalue weighted by molar-refractivity contribution is 0.102. The number of carbonyl (C=O) groups is 1. The summed E-state index contributed by atoms with van der Waals surface area (Å²) in [4.78, 5) is 21.5. The van der Waals surface area contributed by atoms with Crippen LogP contribution in [0, 0.1) is 0 Å². The molecular formula is C21H21N7O. The van der Waals surface area contributed by atoms with Crippen LogP contribution in [0.1, 0.15) is 41.5 Å². The molecule has 0 saturated carbocycles. The summed E-state index contributed by atoms with van der Waals surface area (Å²) in [5.74, 6) is 0.988. The third kappa shape index (κ3) is 4.06. The number of hydrogen-bond acceptors (Lipinski definition) is 5. The van der Waals surface area contributed by atoms with Crippen LogP contribution < -0.4 is 5.32 Å². The van der Waals surface area contributed by atoms with Crippen LogP contribution in [0.15, 0.2) is 67.3 Å². The van der Waals surface area contributed by atoms with Crippen molar-refractivity contribution in [2.24, 2.45) is 0 Å². The van der Waals surface area contributed by atoms with Crippen molar-refractivity contribution in [3.8, 4) is 5.82 Å². The first-order valence-electron chi connectivity index (χ1n) is 9.36. The first kappa shape index (κ1) is 18.5. The molecule has 0 radical (unpaired) electrons. The molecule has 8 heteroatoms. The molecule has 0 fully saturated rings. The van der Waals surface area contributed by atoms with E-state index in [0.29, 0.717) is 23.7 Å². The maximum Gasteiger partial charge on any atom is 0.260 e. The summed E-state index contributed by atoms with van der Waals surface area (Å²) in [5, 5.41) is 11.7. The van der Waals surface area contributed by atoms with E-state index in [2.05, 4.69) is 25.5 Å². The molecule has 0 unspecified atom stereocenters. The van der Waals surface area contributed by atoms with Crippen LogP contribution in [0.5, 0.6) is 0 Å². The quantitative estimate of drug-likeness (QED) is 0.548. The van der Waals surface area contributed by atoms with E-state index in [1.54, 1.807) is 34.0 Å². The summed E-state index contributed by atoms with van der Waals surface area (Å²) in [5.41, 5.74) is 2.20. The van der Waals surface area contributed by atoms with Gasteiger partial charge in [0.05, 0.1) is 29.7 Å². The van der Waals surface area contributed by atoms with Crippen LogP contribution in [0.2, 0.25) is 0 Å². The summed E-state index contributed by atoms with van der Waals surface area (Å²) < 4.78 is 3.44. The normalized spacial score (nSPS) is 11.0. The van der Waals surface area contributed by atoms with Gasteiger partial charge in [-0.15, -0.1) is 0 Å². The molecule has 4 aromatic heterocycles. The summed E-state index contributed by atoms with van der Waals surface area (Å²) in [6, 6.07) is 13.1. The van der Waals surface area contributed by atoms with E-state index in [4.69, 9.17) is 0 Å². The van der Waals surface area contributed by atoms with E-state index < -0.39 is 0 Å². The van der Waals surface area contributed by atoms with Crippen molar-refractivity contribution in [3.05, 3.63) is 84.2 Å². The number of nitrogens with zero attached hydrogens (tertiary/aromatic N) is 6. The van der Waals surface area contributed by atoms with Crippen LogP contribution in [-0.2, 0) is 6.54 Å². The average molecular weight is 387 g/mol. The minimum atomic E-state index is -0.251. The average Bonchev–Trinajstić information content (AvgIpc) is 3.36. The first-order chi connectivity index (χ1) is 14.1. The number of rotatable bonds is 6. The highest BCUT2D eigenvalue weighted by molar-refractivity contribution is 6.04. The monoisotopic (exact) mass is 387 g/mol. The molecule has 0 bridgehead atoms. The third-order valence-corrected chi connectivity index (χ3v) is 4.40. The molecule has 0 saturated heterocycles. The summed E-state index contributed by atoms with van der Waals surface area (Å²) in [6.07, 6.45) is 6.83. The number of anilines is 1. The fraction of sp³-hybridized carbons (Fsp3) is 0.190. The van der Waals surface area contributed by atoms with Gasteiger partial charge in [-0.1, -0.05) is 26.0 Å². The second kappa shape index (κ2) is 8.05. The predicted molar refractivity (Wildman–Crippen MR) is 109 cm³/mol. The Balaban J connectivity index is 1.54. The molecule has 0 aliphatic rings. The number of pyridine rings is 2. The lowest BCUT2D eigenvalue weighted by Crippen LogP contribution is -2.16. The van der Waals surface area contributed by atoms with E-state index in [-0.39, 0.29) is 11.8 Å². The van der Waals surface area contributed by atoms with E-state index in [0.717, 1.165) is 11.4 Å². The molecule has 146 valence electrons. The zero-order valence-corrected chi connectivity index (χ0v) is 16.2. The maximum atomic E-state index is 12.9. The molecule has 0 atom stereocenters. The molecule has 8 nitrogen and oxygen atoms in total. The van der Waals surface area contributed by atoms with Crippen molar-refractivity contribution in [3.63, 3.8) is 0 Å². The number of carbonyl (C=O) groups excluding carboxylic acids is 1. The van der Waals surface area contributed by atoms with Gasteiger partial charge in [0.25, 0.3) is 5.91 Å². The van der Waals surface area contributed by atoms with Gasteiger partial charge in [0, 0.05) is 24.7 Å². The van der Waals surface area contributed by atoms with Gasteiger partial charge in [-0.25, -0.2) is 9.67 Å². The largest absolute Gasteiger partial charge is 0.305 e. The minimum Gasteiger partial charge on any atom is -0.305 e. The van der Waals surface area contributed by atoms with Crippen molar-refractivity contribution < 1.29 is 4.79 Å². The van der Waals surface area contributed by atoms with Crippen molar-refractivity contribution >= 4 is 11.7 Å². The van der Waals surface area contributed by atoms with Gasteiger partial charge in [0.2, 0.25) is 0 Å². The van der Waals surface area contributed by atoms with Crippen LogP contribution in [0.25, 0.3) is 5.82 Å². The van der Waals surface area contributed by atoms with Gasteiger partial charge >= 0.3 is 0 Å². The Morgan fingerprint density at radius 1 is 1.07 bits per heavy atom. The second-order valence-electron chi connectivity index (χ2n) is 6.87. The SMILES string of the molecule is CC(C)c1c(C(=O)Nc2ccn(Cc3ccccn3)n2)cnn1-c1ccccn1. The molecule has 0 aliphatic heterocycles. The zero-order chi connectivity index (χ0) is 20.2. The van der Waals surface area contributed by atoms with Crippen LogP contribution >= 0.6 is 0 Å². The van der Waals surface area contributed by atoms with Crippen LogP contribution in [0.4, 0.5) is 5.82 Å². The summed E-state index contributed by atoms with van der Waals surface area (Å²) >= 11 is 0. The highest BCUT2D eigenvalue weighted by Gasteiger charge is 2.22. The molecule has 4 aromatic rings. The Morgan fingerprint density at radius 3 is 2.55 bits per heavy atom. The maximum absolute atomic E-state index is 12.9. The minimum absolute atomic E-state index is 0.0852. The number of amides is 1. The third-order valence-electron chi connectivity index (χ3n) is 4.40. The molecule has 0 aliphatic carbocycles.